The van der Waals surface area contributed by atoms with Crippen LogP contribution in [0.5, 0.6) is 0 Å². The fraction of sp³-hybridized carbons (Fsp3) is 0.304. The molecule has 0 aliphatic heterocycles. The van der Waals surface area contributed by atoms with Gasteiger partial charge in [0.25, 0.3) is 5.91 Å². The highest BCUT2D eigenvalue weighted by molar-refractivity contribution is 5.99. The number of rotatable bonds is 6. The van der Waals surface area contributed by atoms with E-state index >= 15 is 0 Å². The minimum atomic E-state index is -4.50. The van der Waals surface area contributed by atoms with E-state index in [0.29, 0.717) is 11.4 Å². The van der Waals surface area contributed by atoms with E-state index in [4.69, 9.17) is 0 Å². The van der Waals surface area contributed by atoms with Gasteiger partial charge in [-0.3, -0.25) is 9.59 Å². The number of aromatic nitrogens is 3. The van der Waals surface area contributed by atoms with Crippen molar-refractivity contribution in [3.8, 4) is 5.82 Å². The third-order valence-electron chi connectivity index (χ3n) is 4.94. The second-order valence-electron chi connectivity index (χ2n) is 7.99. The maximum absolute atomic E-state index is 13.1. The van der Waals surface area contributed by atoms with Crippen LogP contribution in [0.1, 0.15) is 46.9 Å². The normalized spacial score (nSPS) is 11.5. The first-order valence-corrected chi connectivity index (χ1v) is 10.2. The van der Waals surface area contributed by atoms with E-state index in [9.17, 15) is 22.8 Å². The first-order chi connectivity index (χ1) is 15.5. The summed E-state index contributed by atoms with van der Waals surface area (Å²) in [4.78, 5) is 30.6. The van der Waals surface area contributed by atoms with E-state index < -0.39 is 17.6 Å². The van der Waals surface area contributed by atoms with Crippen molar-refractivity contribution in [3.63, 3.8) is 0 Å². The van der Waals surface area contributed by atoms with E-state index in [-0.39, 0.29) is 29.8 Å². The monoisotopic (exact) mass is 459 g/mol. The molecule has 174 valence electrons. The average molecular weight is 459 g/mol. The molecule has 0 radical (unpaired) electrons. The number of hydrogen-bond acceptors (Lipinski definition) is 4. The third kappa shape index (κ3) is 5.57. The molecule has 0 aliphatic carbocycles. The Bertz CT molecular complexity index is 1140. The summed E-state index contributed by atoms with van der Waals surface area (Å²) in [5, 5.41) is 6.92. The van der Waals surface area contributed by atoms with Crippen molar-refractivity contribution in [1.82, 2.24) is 19.7 Å². The number of pyridine rings is 1. The second kappa shape index (κ2) is 9.43. The van der Waals surface area contributed by atoms with Gasteiger partial charge < -0.3 is 10.2 Å². The highest BCUT2D eigenvalue weighted by atomic mass is 19.4. The Kier molecular flexibility index (Phi) is 6.85. The summed E-state index contributed by atoms with van der Waals surface area (Å²) in [6.45, 7) is 5.41. The number of nitrogens with zero attached hydrogens (tertiary/aromatic N) is 4. The van der Waals surface area contributed by atoms with Gasteiger partial charge in [-0.2, -0.15) is 18.3 Å². The fourth-order valence-corrected chi connectivity index (χ4v) is 3.27. The first kappa shape index (κ1) is 24.0. The number of benzene rings is 1. The molecule has 0 bridgehead atoms. The third-order valence-corrected chi connectivity index (χ3v) is 4.94. The van der Waals surface area contributed by atoms with Crippen LogP contribution in [-0.4, -0.2) is 45.1 Å². The molecule has 0 atom stereocenters. The Morgan fingerprint density at radius 3 is 2.30 bits per heavy atom. The zero-order valence-electron chi connectivity index (χ0n) is 18.6. The second-order valence-corrected chi connectivity index (χ2v) is 7.99. The molecule has 0 unspecified atom stereocenters. The Balaban J connectivity index is 1.79. The predicted octanol–water partition coefficient (Wildman–Crippen LogP) is 4.43. The molecule has 3 aromatic rings. The van der Waals surface area contributed by atoms with Crippen LogP contribution in [0.15, 0.2) is 48.8 Å². The maximum atomic E-state index is 13.1. The topological polar surface area (TPSA) is 80.1 Å². The van der Waals surface area contributed by atoms with Crippen LogP contribution in [0.25, 0.3) is 5.82 Å². The van der Waals surface area contributed by atoms with Crippen molar-refractivity contribution in [3.05, 3.63) is 71.2 Å². The van der Waals surface area contributed by atoms with Gasteiger partial charge in [0.2, 0.25) is 5.91 Å². The number of carbonyl (C=O) groups is 2. The average Bonchev–Trinajstić information content (AvgIpc) is 3.19. The lowest BCUT2D eigenvalue weighted by atomic mass is 10.0. The highest BCUT2D eigenvalue weighted by Crippen LogP contribution is 2.29. The van der Waals surface area contributed by atoms with Crippen molar-refractivity contribution in [2.24, 2.45) is 0 Å². The number of hydrogen-bond donors (Lipinski definition) is 1. The van der Waals surface area contributed by atoms with Crippen molar-refractivity contribution >= 4 is 17.5 Å². The van der Waals surface area contributed by atoms with E-state index in [0.717, 1.165) is 17.8 Å². The van der Waals surface area contributed by atoms with Crippen molar-refractivity contribution < 1.29 is 22.8 Å². The SMILES string of the molecule is Cc1ccc(NC(=O)CN(C)C(=O)c2cnn(-c3ccc(C(F)(F)F)cn3)c2C(C)C)cc1. The van der Waals surface area contributed by atoms with Gasteiger partial charge in [0, 0.05) is 18.9 Å². The molecule has 0 saturated carbocycles. The van der Waals surface area contributed by atoms with Gasteiger partial charge in [0.1, 0.15) is 0 Å². The Hall–Kier alpha value is -3.69. The smallest absolute Gasteiger partial charge is 0.332 e. The van der Waals surface area contributed by atoms with Crippen LogP contribution in [0.3, 0.4) is 0 Å². The number of anilines is 1. The molecule has 2 aromatic heterocycles. The number of likely N-dealkylation sites (N-methyl/N-ethyl adjacent to an activating group) is 1. The van der Waals surface area contributed by atoms with E-state index in [1.54, 1.807) is 12.1 Å². The predicted molar refractivity (Wildman–Crippen MR) is 117 cm³/mol. The van der Waals surface area contributed by atoms with E-state index in [1.165, 1.54) is 28.9 Å². The van der Waals surface area contributed by atoms with Crippen LogP contribution in [0, 0.1) is 6.92 Å². The van der Waals surface area contributed by atoms with E-state index in [2.05, 4.69) is 15.4 Å². The van der Waals surface area contributed by atoms with Gasteiger partial charge >= 0.3 is 6.18 Å². The summed E-state index contributed by atoms with van der Waals surface area (Å²) in [6.07, 6.45) is -2.44. The summed E-state index contributed by atoms with van der Waals surface area (Å²) >= 11 is 0. The maximum Gasteiger partial charge on any atom is 0.417 e. The molecule has 1 aromatic carbocycles. The molecule has 33 heavy (non-hydrogen) atoms. The van der Waals surface area contributed by atoms with Gasteiger partial charge in [0.05, 0.1) is 29.6 Å². The van der Waals surface area contributed by atoms with Gasteiger partial charge in [-0.15, -0.1) is 0 Å². The molecular weight excluding hydrogens is 435 g/mol. The molecule has 2 amide bonds. The number of carbonyl (C=O) groups excluding carboxylic acids is 2. The van der Waals surface area contributed by atoms with Crippen LogP contribution in [0.4, 0.5) is 18.9 Å². The molecule has 10 heteroatoms. The molecule has 0 saturated heterocycles. The number of aryl methyl sites for hydroxylation is 1. The number of alkyl halides is 3. The Morgan fingerprint density at radius 1 is 1.09 bits per heavy atom. The zero-order valence-corrected chi connectivity index (χ0v) is 18.6. The molecular formula is C23H24F3N5O2. The number of amides is 2. The minimum Gasteiger partial charge on any atom is -0.332 e. The summed E-state index contributed by atoms with van der Waals surface area (Å²) in [7, 11) is 1.49. The molecule has 0 fully saturated rings. The van der Waals surface area contributed by atoms with Crippen LogP contribution >= 0.6 is 0 Å². The van der Waals surface area contributed by atoms with Crippen molar-refractivity contribution in [2.75, 3.05) is 18.9 Å². The molecule has 0 aliphatic rings. The fourth-order valence-electron chi connectivity index (χ4n) is 3.27. The lowest BCUT2D eigenvalue weighted by Gasteiger charge is -2.18. The lowest BCUT2D eigenvalue weighted by Crippen LogP contribution is -2.35. The van der Waals surface area contributed by atoms with Gasteiger partial charge in [-0.25, -0.2) is 9.67 Å². The lowest BCUT2D eigenvalue weighted by molar-refractivity contribution is -0.137. The van der Waals surface area contributed by atoms with Gasteiger partial charge in [-0.1, -0.05) is 31.5 Å². The summed E-state index contributed by atoms with van der Waals surface area (Å²) in [6, 6.07) is 9.39. The van der Waals surface area contributed by atoms with Crippen molar-refractivity contribution in [2.45, 2.75) is 32.9 Å². The Morgan fingerprint density at radius 2 is 1.76 bits per heavy atom. The van der Waals surface area contributed by atoms with Crippen LogP contribution < -0.4 is 5.32 Å². The molecule has 0 spiro atoms. The quantitative estimate of drug-likeness (QED) is 0.592. The van der Waals surface area contributed by atoms with Gasteiger partial charge in [-0.05, 0) is 37.1 Å². The molecule has 3 rings (SSSR count). The summed E-state index contributed by atoms with van der Waals surface area (Å²) < 4.78 is 39.9. The molecule has 1 N–H and O–H groups in total. The Labute approximate surface area is 189 Å². The van der Waals surface area contributed by atoms with Gasteiger partial charge in [0.15, 0.2) is 5.82 Å². The minimum absolute atomic E-state index is 0.158. The standard InChI is InChI=1S/C23H24F3N5O2/c1-14(2)21-18(12-28-31(21)19-10-7-16(11-27-19)23(24,25)26)22(33)30(4)13-20(32)29-17-8-5-15(3)6-9-17/h5-12,14H,13H2,1-4H3,(H,29,32). The zero-order chi connectivity index (χ0) is 24.3. The summed E-state index contributed by atoms with van der Waals surface area (Å²) in [5.74, 6) is -0.829. The highest BCUT2D eigenvalue weighted by Gasteiger charge is 2.31. The van der Waals surface area contributed by atoms with E-state index in [1.807, 2.05) is 32.9 Å². The first-order valence-electron chi connectivity index (χ1n) is 10.2. The molecule has 7 nitrogen and oxygen atoms in total. The van der Waals surface area contributed by atoms with Crippen LogP contribution in [0.2, 0.25) is 0 Å². The molecule has 2 heterocycles. The number of nitrogens with one attached hydrogen (secondary N) is 1. The largest absolute Gasteiger partial charge is 0.417 e. The number of halogens is 3. The van der Waals surface area contributed by atoms with Crippen LogP contribution in [-0.2, 0) is 11.0 Å². The summed E-state index contributed by atoms with van der Waals surface area (Å²) in [5.41, 5.74) is 1.53. The van der Waals surface area contributed by atoms with Crippen molar-refractivity contribution in [1.29, 1.82) is 0 Å².